The lowest BCUT2D eigenvalue weighted by Gasteiger charge is -2.13. The first-order chi connectivity index (χ1) is 15.3. The third-order valence-corrected chi connectivity index (χ3v) is 5.28. The summed E-state index contributed by atoms with van der Waals surface area (Å²) in [5.74, 6) is 1.14. The van der Waals surface area contributed by atoms with Crippen molar-refractivity contribution in [3.63, 3.8) is 0 Å². The number of amides is 2. The van der Waals surface area contributed by atoms with Gasteiger partial charge in [0, 0.05) is 36.6 Å². The summed E-state index contributed by atoms with van der Waals surface area (Å²) in [5.41, 5.74) is 10.8. The Hall–Kier alpha value is -3.46. The van der Waals surface area contributed by atoms with Crippen LogP contribution in [0, 0.1) is 13.8 Å². The lowest BCUT2D eigenvalue weighted by molar-refractivity contribution is 0.101. The summed E-state index contributed by atoms with van der Waals surface area (Å²) in [5, 5.41) is 5.61. The van der Waals surface area contributed by atoms with Crippen LogP contribution in [0.25, 0.3) is 11.0 Å². The van der Waals surface area contributed by atoms with Gasteiger partial charge in [0.15, 0.2) is 11.6 Å². The zero-order valence-electron chi connectivity index (χ0n) is 19.0. The predicted molar refractivity (Wildman–Crippen MR) is 125 cm³/mol. The molecule has 0 aliphatic rings. The molecule has 0 radical (unpaired) electrons. The SMILES string of the molecule is CCOCc1nc2c(N)nc(C)c(C)c2n1CCCNC(=O)Nc1cccc(C(C)=O)c1. The number of ether oxygens (including phenoxy) is 1. The third-order valence-electron chi connectivity index (χ3n) is 5.28. The number of fused-ring (bicyclic) bond motifs is 1. The Balaban J connectivity index is 1.66. The van der Waals surface area contributed by atoms with E-state index in [1.54, 1.807) is 24.3 Å². The second-order valence-electron chi connectivity index (χ2n) is 7.59. The molecular formula is C23H30N6O3. The van der Waals surface area contributed by atoms with E-state index in [4.69, 9.17) is 10.5 Å². The Bertz CT molecular complexity index is 1140. The van der Waals surface area contributed by atoms with Crippen molar-refractivity contribution < 1.29 is 14.3 Å². The largest absolute Gasteiger partial charge is 0.382 e. The molecule has 1 aromatic carbocycles. The van der Waals surface area contributed by atoms with Gasteiger partial charge >= 0.3 is 6.03 Å². The van der Waals surface area contributed by atoms with Crippen LogP contribution in [0.1, 0.15) is 47.7 Å². The van der Waals surface area contributed by atoms with Gasteiger partial charge in [-0.2, -0.15) is 0 Å². The molecule has 0 aliphatic heterocycles. The van der Waals surface area contributed by atoms with Gasteiger partial charge in [-0.3, -0.25) is 4.79 Å². The fourth-order valence-corrected chi connectivity index (χ4v) is 3.52. The van der Waals surface area contributed by atoms with E-state index in [-0.39, 0.29) is 11.8 Å². The number of nitrogens with one attached hydrogen (secondary N) is 2. The van der Waals surface area contributed by atoms with Gasteiger partial charge in [-0.05, 0) is 51.8 Å². The van der Waals surface area contributed by atoms with Crippen molar-refractivity contribution in [3.05, 3.63) is 46.9 Å². The van der Waals surface area contributed by atoms with Crippen LogP contribution in [0.15, 0.2) is 24.3 Å². The lowest BCUT2D eigenvalue weighted by atomic mass is 10.1. The molecule has 0 atom stereocenters. The average molecular weight is 439 g/mol. The Morgan fingerprint density at radius 1 is 1.22 bits per heavy atom. The number of Topliss-reactive ketones (excluding diaryl/α,β-unsaturated/α-hetero) is 1. The number of nitrogen functional groups attached to an aromatic ring is 1. The molecule has 0 aliphatic carbocycles. The molecule has 0 fully saturated rings. The van der Waals surface area contributed by atoms with E-state index in [9.17, 15) is 9.59 Å². The van der Waals surface area contributed by atoms with Gasteiger partial charge < -0.3 is 25.7 Å². The third kappa shape index (κ3) is 5.23. The highest BCUT2D eigenvalue weighted by Gasteiger charge is 2.17. The van der Waals surface area contributed by atoms with Crippen LogP contribution in [0.3, 0.4) is 0 Å². The summed E-state index contributed by atoms with van der Waals surface area (Å²) < 4.78 is 7.69. The second kappa shape index (κ2) is 10.2. The van der Waals surface area contributed by atoms with Gasteiger partial charge in [0.2, 0.25) is 0 Å². The molecule has 32 heavy (non-hydrogen) atoms. The van der Waals surface area contributed by atoms with Crippen LogP contribution >= 0.6 is 0 Å². The molecule has 0 saturated carbocycles. The maximum absolute atomic E-state index is 12.2. The Morgan fingerprint density at radius 2 is 2.00 bits per heavy atom. The van der Waals surface area contributed by atoms with Gasteiger partial charge in [-0.25, -0.2) is 14.8 Å². The fourth-order valence-electron chi connectivity index (χ4n) is 3.52. The Kier molecular flexibility index (Phi) is 7.42. The number of benzene rings is 1. The van der Waals surface area contributed by atoms with Crippen molar-refractivity contribution in [2.45, 2.75) is 47.3 Å². The summed E-state index contributed by atoms with van der Waals surface area (Å²) in [6.07, 6.45) is 0.687. The van der Waals surface area contributed by atoms with Gasteiger partial charge in [0.05, 0.1) is 5.52 Å². The highest BCUT2D eigenvalue weighted by atomic mass is 16.5. The number of carbonyl (C=O) groups excluding carboxylic acids is 2. The highest BCUT2D eigenvalue weighted by molar-refractivity contribution is 5.96. The summed E-state index contributed by atoms with van der Waals surface area (Å²) >= 11 is 0. The molecule has 0 bridgehead atoms. The Morgan fingerprint density at radius 3 is 2.72 bits per heavy atom. The number of hydrogen-bond acceptors (Lipinski definition) is 6. The minimum atomic E-state index is -0.323. The molecule has 2 amide bonds. The van der Waals surface area contributed by atoms with Crippen molar-refractivity contribution in [1.29, 1.82) is 0 Å². The van der Waals surface area contributed by atoms with Crippen molar-refractivity contribution in [2.75, 3.05) is 24.2 Å². The van der Waals surface area contributed by atoms with E-state index in [1.807, 2.05) is 20.8 Å². The smallest absolute Gasteiger partial charge is 0.319 e. The molecule has 170 valence electrons. The summed E-state index contributed by atoms with van der Waals surface area (Å²) in [4.78, 5) is 32.8. The molecule has 2 heterocycles. The Labute approximate surface area is 187 Å². The second-order valence-corrected chi connectivity index (χ2v) is 7.59. The highest BCUT2D eigenvalue weighted by Crippen LogP contribution is 2.26. The van der Waals surface area contributed by atoms with E-state index in [0.717, 1.165) is 22.6 Å². The number of aromatic nitrogens is 3. The van der Waals surface area contributed by atoms with Gasteiger partial charge in [-0.15, -0.1) is 0 Å². The molecule has 0 unspecified atom stereocenters. The monoisotopic (exact) mass is 438 g/mol. The molecule has 3 aromatic rings. The molecule has 4 N–H and O–H groups in total. The first-order valence-electron chi connectivity index (χ1n) is 10.7. The number of carbonyl (C=O) groups is 2. The zero-order chi connectivity index (χ0) is 23.3. The van der Waals surface area contributed by atoms with E-state index in [2.05, 4.69) is 25.2 Å². The minimum absolute atomic E-state index is 0.0501. The number of imidazole rings is 1. The predicted octanol–water partition coefficient (Wildman–Crippen LogP) is 3.58. The number of rotatable bonds is 9. The first-order valence-corrected chi connectivity index (χ1v) is 10.7. The molecule has 9 heteroatoms. The number of pyridine rings is 1. The first kappa shape index (κ1) is 23.2. The summed E-state index contributed by atoms with van der Waals surface area (Å²) in [6.45, 7) is 9.43. The lowest BCUT2D eigenvalue weighted by Crippen LogP contribution is -2.30. The van der Waals surface area contributed by atoms with Gasteiger partial charge in [-0.1, -0.05) is 12.1 Å². The molecule has 0 saturated heterocycles. The van der Waals surface area contributed by atoms with E-state index in [0.29, 0.717) is 55.3 Å². The molecule has 0 spiro atoms. The van der Waals surface area contributed by atoms with Gasteiger partial charge in [0.1, 0.15) is 17.9 Å². The molecular weight excluding hydrogens is 408 g/mol. The van der Waals surface area contributed by atoms with Crippen LogP contribution < -0.4 is 16.4 Å². The van der Waals surface area contributed by atoms with Crippen LogP contribution in [-0.4, -0.2) is 39.5 Å². The van der Waals surface area contributed by atoms with Crippen LogP contribution in [0.4, 0.5) is 16.3 Å². The van der Waals surface area contributed by atoms with Crippen LogP contribution in [0.5, 0.6) is 0 Å². The maximum Gasteiger partial charge on any atom is 0.319 e. The topological polar surface area (TPSA) is 124 Å². The normalized spacial score (nSPS) is 11.0. The van der Waals surface area contributed by atoms with E-state index in [1.165, 1.54) is 6.92 Å². The number of nitrogens with two attached hydrogens (primary N) is 1. The number of nitrogens with zero attached hydrogens (tertiary/aromatic N) is 3. The van der Waals surface area contributed by atoms with Crippen molar-refractivity contribution in [1.82, 2.24) is 19.9 Å². The molecule has 2 aromatic heterocycles. The number of anilines is 2. The van der Waals surface area contributed by atoms with Crippen molar-refractivity contribution in [2.24, 2.45) is 0 Å². The number of ketones is 1. The van der Waals surface area contributed by atoms with Gasteiger partial charge in [0.25, 0.3) is 0 Å². The summed E-state index contributed by atoms with van der Waals surface area (Å²) in [7, 11) is 0. The minimum Gasteiger partial charge on any atom is -0.382 e. The number of aryl methyl sites for hydroxylation is 3. The fraction of sp³-hybridized carbons (Fsp3) is 0.391. The quantitative estimate of drug-likeness (QED) is 0.346. The maximum atomic E-state index is 12.2. The number of urea groups is 1. The average Bonchev–Trinajstić information content (AvgIpc) is 3.13. The van der Waals surface area contributed by atoms with E-state index < -0.39 is 0 Å². The van der Waals surface area contributed by atoms with Crippen LogP contribution in [0.2, 0.25) is 0 Å². The van der Waals surface area contributed by atoms with Crippen molar-refractivity contribution >= 4 is 34.4 Å². The molecule has 3 rings (SSSR count). The standard InChI is InChI=1S/C23H30N6O3/c1-5-32-13-19-28-20-21(14(2)15(3)26-22(20)24)29(19)11-7-10-25-23(31)27-18-9-6-8-17(12-18)16(4)30/h6,8-9,12H,5,7,10-11,13H2,1-4H3,(H2,24,26)(H2,25,27,31). The van der Waals surface area contributed by atoms with Crippen molar-refractivity contribution in [3.8, 4) is 0 Å². The summed E-state index contributed by atoms with van der Waals surface area (Å²) in [6, 6.07) is 6.53. The molecule has 9 nitrogen and oxygen atoms in total. The van der Waals surface area contributed by atoms with E-state index >= 15 is 0 Å². The number of hydrogen-bond donors (Lipinski definition) is 3. The van der Waals surface area contributed by atoms with Crippen LogP contribution in [-0.2, 0) is 17.9 Å². The zero-order valence-corrected chi connectivity index (χ0v) is 19.0.